The van der Waals surface area contributed by atoms with Gasteiger partial charge in [0.25, 0.3) is 5.91 Å². The van der Waals surface area contributed by atoms with Crippen LogP contribution in [0.4, 0.5) is 11.5 Å². The molecule has 1 amide bonds. The van der Waals surface area contributed by atoms with Crippen molar-refractivity contribution in [3.05, 3.63) is 107 Å². The Morgan fingerprint density at radius 1 is 0.857 bits per heavy atom. The number of hydrogen-bond donors (Lipinski definition) is 2. The minimum absolute atomic E-state index is 0.141. The number of fused-ring (bicyclic) bond motifs is 1. The predicted octanol–water partition coefficient (Wildman–Crippen LogP) is 5.41. The van der Waals surface area contributed by atoms with E-state index in [0.717, 1.165) is 33.7 Å². The van der Waals surface area contributed by atoms with E-state index in [2.05, 4.69) is 15.7 Å². The van der Waals surface area contributed by atoms with Crippen LogP contribution < -0.4 is 10.6 Å². The molecule has 7 heteroatoms. The van der Waals surface area contributed by atoms with Crippen LogP contribution in [0.5, 0.6) is 0 Å². The summed E-state index contributed by atoms with van der Waals surface area (Å²) in [5.41, 5.74) is 6.95. The number of benzene rings is 3. The highest BCUT2D eigenvalue weighted by atomic mass is 16.1. The van der Waals surface area contributed by atoms with E-state index in [1.54, 1.807) is 10.7 Å². The summed E-state index contributed by atoms with van der Waals surface area (Å²) in [5, 5.41) is 11.0. The predicted molar refractivity (Wildman–Crippen MR) is 138 cm³/mol. The lowest BCUT2D eigenvalue weighted by Crippen LogP contribution is -2.22. The summed E-state index contributed by atoms with van der Waals surface area (Å²) < 4.78 is 1.79. The first-order chi connectivity index (χ1) is 17.0. The molecule has 174 valence electrons. The Bertz CT molecular complexity index is 1520. The van der Waals surface area contributed by atoms with Crippen LogP contribution in [0.15, 0.2) is 78.9 Å². The smallest absolute Gasteiger partial charge is 0.251 e. The second-order valence-corrected chi connectivity index (χ2v) is 8.60. The molecular formula is C28H26N6O. The summed E-state index contributed by atoms with van der Waals surface area (Å²) in [7, 11) is 0. The maximum absolute atomic E-state index is 12.8. The average Bonchev–Trinajstić information content (AvgIpc) is 3.20. The van der Waals surface area contributed by atoms with Gasteiger partial charge < -0.3 is 10.6 Å². The molecule has 7 nitrogen and oxygen atoms in total. The topological polar surface area (TPSA) is 84.7 Å². The van der Waals surface area contributed by atoms with E-state index < -0.39 is 0 Å². The van der Waals surface area contributed by atoms with Crippen molar-refractivity contribution < 1.29 is 4.79 Å². The number of anilines is 2. The molecule has 0 atom stereocenters. The standard InChI is InChI=1S/C28H26N6O/c1-18-11-13-21(14-12-18)17-29-28(35)22-7-6-8-23(16-22)30-26-27(34-20(3)15-19(2)33-34)32-25-10-5-4-9-24(25)31-26/h4-16H,17H2,1-3H3,(H,29,35)(H,30,31). The van der Waals surface area contributed by atoms with Crippen molar-refractivity contribution in [2.75, 3.05) is 5.32 Å². The third-order valence-electron chi connectivity index (χ3n) is 5.72. The Kier molecular flexibility index (Phi) is 5.97. The molecule has 0 aliphatic rings. The van der Waals surface area contributed by atoms with Crippen LogP contribution in [0.3, 0.4) is 0 Å². The number of hydrogen-bond acceptors (Lipinski definition) is 5. The molecule has 0 radical (unpaired) electrons. The number of carbonyl (C=O) groups excluding carboxylic acids is 1. The number of aryl methyl sites for hydroxylation is 3. The van der Waals surface area contributed by atoms with E-state index in [0.29, 0.717) is 23.7 Å². The molecule has 0 bridgehead atoms. The zero-order chi connectivity index (χ0) is 24.4. The van der Waals surface area contributed by atoms with Crippen LogP contribution in [0.1, 0.15) is 32.9 Å². The molecule has 0 saturated heterocycles. The molecule has 35 heavy (non-hydrogen) atoms. The third-order valence-corrected chi connectivity index (χ3v) is 5.72. The van der Waals surface area contributed by atoms with Gasteiger partial charge in [0.2, 0.25) is 0 Å². The van der Waals surface area contributed by atoms with Gasteiger partial charge in [-0.3, -0.25) is 4.79 Å². The summed E-state index contributed by atoms with van der Waals surface area (Å²) in [6.45, 7) is 6.44. The van der Waals surface area contributed by atoms with Gasteiger partial charge in [-0.15, -0.1) is 0 Å². The summed E-state index contributed by atoms with van der Waals surface area (Å²) in [6.07, 6.45) is 0. The Hall–Kier alpha value is -4.52. The minimum Gasteiger partial charge on any atom is -0.348 e. The van der Waals surface area contributed by atoms with E-state index in [9.17, 15) is 4.79 Å². The zero-order valence-electron chi connectivity index (χ0n) is 19.9. The molecule has 5 aromatic rings. The first kappa shape index (κ1) is 22.3. The van der Waals surface area contributed by atoms with Crippen molar-refractivity contribution in [1.29, 1.82) is 0 Å². The molecule has 0 aliphatic carbocycles. The van der Waals surface area contributed by atoms with Gasteiger partial charge in [0.15, 0.2) is 11.6 Å². The van der Waals surface area contributed by atoms with Crippen molar-refractivity contribution in [2.24, 2.45) is 0 Å². The zero-order valence-corrected chi connectivity index (χ0v) is 19.9. The molecule has 2 N–H and O–H groups in total. The van der Waals surface area contributed by atoms with Gasteiger partial charge in [-0.05, 0) is 62.7 Å². The molecule has 0 saturated carbocycles. The lowest BCUT2D eigenvalue weighted by Gasteiger charge is -2.14. The fourth-order valence-corrected chi connectivity index (χ4v) is 3.93. The van der Waals surface area contributed by atoms with Gasteiger partial charge in [-0.25, -0.2) is 14.6 Å². The molecule has 0 fully saturated rings. The molecule has 3 aromatic carbocycles. The fraction of sp³-hybridized carbons (Fsp3) is 0.143. The van der Waals surface area contributed by atoms with Gasteiger partial charge in [0.05, 0.1) is 16.7 Å². The number of nitrogens with zero attached hydrogens (tertiary/aromatic N) is 4. The SMILES string of the molecule is Cc1ccc(CNC(=O)c2cccc(Nc3nc4ccccc4nc3-n3nc(C)cc3C)c2)cc1. The van der Waals surface area contributed by atoms with E-state index in [1.807, 2.05) is 93.6 Å². The Balaban J connectivity index is 1.43. The summed E-state index contributed by atoms with van der Waals surface area (Å²) in [6, 6.07) is 25.2. The van der Waals surface area contributed by atoms with Crippen molar-refractivity contribution in [1.82, 2.24) is 25.1 Å². The van der Waals surface area contributed by atoms with Crippen molar-refractivity contribution in [3.63, 3.8) is 0 Å². The van der Waals surface area contributed by atoms with Crippen LogP contribution in [0.25, 0.3) is 16.9 Å². The molecular weight excluding hydrogens is 436 g/mol. The van der Waals surface area contributed by atoms with Crippen molar-refractivity contribution in [3.8, 4) is 5.82 Å². The van der Waals surface area contributed by atoms with Gasteiger partial charge in [0.1, 0.15) is 0 Å². The van der Waals surface area contributed by atoms with E-state index in [4.69, 9.17) is 9.97 Å². The first-order valence-corrected chi connectivity index (χ1v) is 11.5. The summed E-state index contributed by atoms with van der Waals surface area (Å²) >= 11 is 0. The highest BCUT2D eigenvalue weighted by Crippen LogP contribution is 2.25. The fourth-order valence-electron chi connectivity index (χ4n) is 3.93. The maximum Gasteiger partial charge on any atom is 0.251 e. The second-order valence-electron chi connectivity index (χ2n) is 8.60. The molecule has 2 aromatic heterocycles. The summed E-state index contributed by atoms with van der Waals surface area (Å²) in [4.78, 5) is 22.5. The lowest BCUT2D eigenvalue weighted by molar-refractivity contribution is 0.0951. The van der Waals surface area contributed by atoms with Gasteiger partial charge >= 0.3 is 0 Å². The van der Waals surface area contributed by atoms with Crippen LogP contribution in [0.2, 0.25) is 0 Å². The Labute approximate surface area is 203 Å². The number of rotatable bonds is 6. The van der Waals surface area contributed by atoms with Gasteiger partial charge in [-0.2, -0.15) is 5.10 Å². The van der Waals surface area contributed by atoms with E-state index in [1.165, 1.54) is 5.56 Å². The molecule has 0 unspecified atom stereocenters. The molecule has 0 aliphatic heterocycles. The Morgan fingerprint density at radius 2 is 1.60 bits per heavy atom. The lowest BCUT2D eigenvalue weighted by atomic mass is 10.1. The highest BCUT2D eigenvalue weighted by Gasteiger charge is 2.15. The summed E-state index contributed by atoms with van der Waals surface area (Å²) in [5.74, 6) is 1.02. The molecule has 5 rings (SSSR count). The van der Waals surface area contributed by atoms with Gasteiger partial charge in [0, 0.05) is 23.5 Å². The van der Waals surface area contributed by atoms with Crippen LogP contribution in [-0.2, 0) is 6.54 Å². The normalized spacial score (nSPS) is 10.9. The van der Waals surface area contributed by atoms with Crippen molar-refractivity contribution >= 4 is 28.4 Å². The van der Waals surface area contributed by atoms with Gasteiger partial charge in [-0.1, -0.05) is 48.0 Å². The average molecular weight is 463 g/mol. The quantitative estimate of drug-likeness (QED) is 0.352. The highest BCUT2D eigenvalue weighted by molar-refractivity contribution is 5.95. The largest absolute Gasteiger partial charge is 0.348 e. The number of carbonyl (C=O) groups is 1. The number of amides is 1. The first-order valence-electron chi connectivity index (χ1n) is 11.5. The second kappa shape index (κ2) is 9.38. The number of aromatic nitrogens is 4. The molecule has 0 spiro atoms. The monoisotopic (exact) mass is 462 g/mol. The van der Waals surface area contributed by atoms with Crippen LogP contribution in [0, 0.1) is 20.8 Å². The number of nitrogens with one attached hydrogen (secondary N) is 2. The van der Waals surface area contributed by atoms with Crippen molar-refractivity contribution in [2.45, 2.75) is 27.3 Å². The third kappa shape index (κ3) is 4.89. The van der Waals surface area contributed by atoms with E-state index in [-0.39, 0.29) is 5.91 Å². The maximum atomic E-state index is 12.8. The van der Waals surface area contributed by atoms with Crippen LogP contribution in [-0.4, -0.2) is 25.7 Å². The number of para-hydroxylation sites is 2. The minimum atomic E-state index is -0.141. The Morgan fingerprint density at radius 3 is 2.31 bits per heavy atom. The molecule has 2 heterocycles. The van der Waals surface area contributed by atoms with E-state index >= 15 is 0 Å². The van der Waals surface area contributed by atoms with Crippen LogP contribution >= 0.6 is 0 Å².